The van der Waals surface area contributed by atoms with Crippen molar-refractivity contribution in [1.82, 2.24) is 14.5 Å². The van der Waals surface area contributed by atoms with E-state index in [0.717, 1.165) is 66.2 Å². The van der Waals surface area contributed by atoms with Crippen molar-refractivity contribution in [2.75, 3.05) is 0 Å². The molecule has 0 fully saturated rings. The maximum Gasteiger partial charge on any atom is 0.171 e. The van der Waals surface area contributed by atoms with Gasteiger partial charge >= 0.3 is 0 Å². The summed E-state index contributed by atoms with van der Waals surface area (Å²) < 4.78 is 17.4. The van der Waals surface area contributed by atoms with Crippen molar-refractivity contribution in [3.05, 3.63) is 158 Å². The Hall–Kier alpha value is -5.83. The second-order valence-electron chi connectivity index (χ2n) is 12.1. The fourth-order valence-corrected chi connectivity index (χ4v) is 10.1. The van der Waals surface area contributed by atoms with Gasteiger partial charge in [0, 0.05) is 54.3 Å². The number of nitrogens with zero attached hydrogens (tertiary/aromatic N) is 3. The quantitative estimate of drug-likeness (QED) is 0.185. The molecule has 1 aliphatic rings. The molecule has 7 aromatic carbocycles. The summed E-state index contributed by atoms with van der Waals surface area (Å²) in [4.78, 5) is 10.2. The number of aromatic nitrogens is 3. The van der Waals surface area contributed by atoms with E-state index in [-0.39, 0.29) is 0 Å². The zero-order valence-corrected chi connectivity index (χ0v) is 26.1. The van der Waals surface area contributed by atoms with E-state index in [1.807, 2.05) is 97.1 Å². The maximum atomic E-state index is 15.1. The Morgan fingerprint density at radius 1 is 0.468 bits per heavy atom. The summed E-state index contributed by atoms with van der Waals surface area (Å²) in [5.74, 6) is 0. The summed E-state index contributed by atoms with van der Waals surface area (Å²) >= 11 is 0. The minimum Gasteiger partial charge on any atom is -0.309 e. The van der Waals surface area contributed by atoms with Gasteiger partial charge in [-0.15, -0.1) is 0 Å². The largest absolute Gasteiger partial charge is 0.309 e. The van der Waals surface area contributed by atoms with Gasteiger partial charge in [-0.2, -0.15) is 0 Å². The van der Waals surface area contributed by atoms with Crippen molar-refractivity contribution in [1.29, 1.82) is 0 Å². The molecule has 0 aliphatic heterocycles. The number of fused-ring (bicyclic) bond motifs is 8. The van der Waals surface area contributed by atoms with Crippen LogP contribution in [0.4, 0.5) is 0 Å². The average molecular weight is 620 g/mol. The van der Waals surface area contributed by atoms with Crippen LogP contribution >= 0.6 is 7.14 Å². The van der Waals surface area contributed by atoms with Crippen molar-refractivity contribution < 1.29 is 4.57 Å². The molecular formula is C42H26N3OP. The van der Waals surface area contributed by atoms with E-state index in [1.165, 1.54) is 21.5 Å². The molecule has 1 aliphatic carbocycles. The van der Waals surface area contributed by atoms with Crippen molar-refractivity contribution in [2.24, 2.45) is 0 Å². The summed E-state index contributed by atoms with van der Waals surface area (Å²) in [5.41, 5.74) is 9.21. The van der Waals surface area contributed by atoms with Crippen LogP contribution in [-0.4, -0.2) is 14.5 Å². The summed E-state index contributed by atoms with van der Waals surface area (Å²) in [5, 5.41) is 7.17. The molecule has 0 unspecified atom stereocenters. The number of rotatable bonds is 4. The molecule has 10 rings (SSSR count). The molecule has 0 saturated heterocycles. The monoisotopic (exact) mass is 619 g/mol. The first kappa shape index (κ1) is 26.4. The van der Waals surface area contributed by atoms with Gasteiger partial charge < -0.3 is 9.13 Å². The number of hydrogen-bond donors (Lipinski definition) is 0. The van der Waals surface area contributed by atoms with E-state index < -0.39 is 7.14 Å². The van der Waals surface area contributed by atoms with Crippen LogP contribution in [0.1, 0.15) is 0 Å². The lowest BCUT2D eigenvalue weighted by atomic mass is 10.00. The Kier molecular flexibility index (Phi) is 5.52. The maximum absolute atomic E-state index is 15.1. The van der Waals surface area contributed by atoms with Gasteiger partial charge in [0.05, 0.1) is 33.5 Å². The first-order valence-corrected chi connectivity index (χ1v) is 17.5. The number of hydrogen-bond acceptors (Lipinski definition) is 3. The first-order chi connectivity index (χ1) is 23.2. The molecule has 2 aromatic heterocycles. The Morgan fingerprint density at radius 2 is 1.02 bits per heavy atom. The molecule has 0 spiro atoms. The molecule has 47 heavy (non-hydrogen) atoms. The van der Waals surface area contributed by atoms with E-state index in [1.54, 1.807) is 0 Å². The van der Waals surface area contributed by atoms with Crippen molar-refractivity contribution >= 4 is 66.7 Å². The summed E-state index contributed by atoms with van der Waals surface area (Å²) in [6.45, 7) is 0. The first-order valence-electron chi connectivity index (χ1n) is 15.8. The van der Waals surface area contributed by atoms with Crippen LogP contribution in [0.25, 0.3) is 71.8 Å². The summed E-state index contributed by atoms with van der Waals surface area (Å²) in [6.07, 6.45) is 0. The van der Waals surface area contributed by atoms with E-state index >= 15 is 4.57 Å². The Balaban J connectivity index is 1.23. The molecule has 0 amide bonds. The number of para-hydroxylation sites is 3. The molecule has 0 radical (unpaired) electrons. The smallest absolute Gasteiger partial charge is 0.171 e. The summed E-state index contributed by atoms with van der Waals surface area (Å²) in [7, 11) is -3.09. The second kappa shape index (κ2) is 9.83. The van der Waals surface area contributed by atoms with Crippen LogP contribution in [0.5, 0.6) is 0 Å². The number of benzene rings is 7. The predicted molar refractivity (Wildman–Crippen MR) is 195 cm³/mol. The molecule has 4 nitrogen and oxygen atoms in total. The zero-order chi connectivity index (χ0) is 31.1. The minimum atomic E-state index is -3.09. The van der Waals surface area contributed by atoms with Gasteiger partial charge in [0.25, 0.3) is 0 Å². The van der Waals surface area contributed by atoms with Crippen LogP contribution < -0.4 is 15.9 Å². The molecule has 2 heterocycles. The standard InChI is InChI=1S/C42H26N3OP/c46-47(28-12-3-1-4-13-28,29-14-5-2-6-15-29)30-24-22-27(23-25-30)45-38-21-10-7-16-31(38)34-26-35-39-32(17-11-18-33(39)42(34)45)40-41(35)44-37-20-9-8-19-36(37)43-40/h1-26H. The second-order valence-corrected chi connectivity index (χ2v) is 14.9. The normalized spacial score (nSPS) is 12.3. The van der Waals surface area contributed by atoms with E-state index in [2.05, 4.69) is 65.2 Å². The molecule has 220 valence electrons. The van der Waals surface area contributed by atoms with Crippen molar-refractivity contribution in [2.45, 2.75) is 0 Å². The highest BCUT2D eigenvalue weighted by Gasteiger charge is 2.31. The molecule has 0 saturated carbocycles. The van der Waals surface area contributed by atoms with Crippen LogP contribution in [0.3, 0.4) is 0 Å². The van der Waals surface area contributed by atoms with Gasteiger partial charge in [0.2, 0.25) is 0 Å². The fraction of sp³-hybridized carbons (Fsp3) is 0. The summed E-state index contributed by atoms with van der Waals surface area (Å²) in [6, 6.07) is 53.5. The molecular weight excluding hydrogens is 593 g/mol. The van der Waals surface area contributed by atoms with E-state index in [9.17, 15) is 0 Å². The van der Waals surface area contributed by atoms with E-state index in [0.29, 0.717) is 0 Å². The third-order valence-corrected chi connectivity index (χ3v) is 12.7. The van der Waals surface area contributed by atoms with Gasteiger partial charge in [0.15, 0.2) is 7.14 Å². The lowest BCUT2D eigenvalue weighted by Crippen LogP contribution is -2.24. The lowest BCUT2D eigenvalue weighted by molar-refractivity contribution is 0.592. The third-order valence-electron chi connectivity index (χ3n) is 9.58. The highest BCUT2D eigenvalue weighted by atomic mass is 31.2. The van der Waals surface area contributed by atoms with Crippen LogP contribution in [0, 0.1) is 0 Å². The fourth-order valence-electron chi connectivity index (χ4n) is 7.50. The topological polar surface area (TPSA) is 47.8 Å². The zero-order valence-electron chi connectivity index (χ0n) is 25.2. The van der Waals surface area contributed by atoms with Crippen LogP contribution in [-0.2, 0) is 4.57 Å². The van der Waals surface area contributed by atoms with Gasteiger partial charge in [0.1, 0.15) is 0 Å². The van der Waals surface area contributed by atoms with Gasteiger partial charge in [-0.3, -0.25) is 0 Å². The van der Waals surface area contributed by atoms with Gasteiger partial charge in [-0.1, -0.05) is 109 Å². The van der Waals surface area contributed by atoms with Crippen molar-refractivity contribution in [3.63, 3.8) is 0 Å². The van der Waals surface area contributed by atoms with E-state index in [4.69, 9.17) is 9.97 Å². The minimum absolute atomic E-state index is 0.812. The molecule has 5 heteroatoms. The predicted octanol–water partition coefficient (Wildman–Crippen LogP) is 9.17. The SMILES string of the molecule is O=P(c1ccccc1)(c1ccccc1)c1ccc(-n2c3ccccc3c3cc4c5c(cccc5c32)-c2nc3ccccc3nc2-4)cc1. The molecule has 0 N–H and O–H groups in total. The highest BCUT2D eigenvalue weighted by molar-refractivity contribution is 7.85. The highest BCUT2D eigenvalue weighted by Crippen LogP contribution is 2.50. The molecule has 0 atom stereocenters. The van der Waals surface area contributed by atoms with Gasteiger partial charge in [-0.05, 0) is 48.5 Å². The Labute approximate surface area is 271 Å². The molecule has 0 bridgehead atoms. The molecule has 9 aromatic rings. The Bertz CT molecular complexity index is 2710. The lowest BCUT2D eigenvalue weighted by Gasteiger charge is -2.20. The van der Waals surface area contributed by atoms with Crippen molar-refractivity contribution in [3.8, 4) is 28.2 Å². The average Bonchev–Trinajstić information content (AvgIpc) is 3.64. The van der Waals surface area contributed by atoms with Crippen LogP contribution in [0.2, 0.25) is 0 Å². The third kappa shape index (κ3) is 3.68. The van der Waals surface area contributed by atoms with Gasteiger partial charge in [-0.25, -0.2) is 9.97 Å². The Morgan fingerprint density at radius 3 is 1.70 bits per heavy atom. The van der Waals surface area contributed by atoms with Crippen LogP contribution in [0.15, 0.2) is 158 Å².